The summed E-state index contributed by atoms with van der Waals surface area (Å²) in [5.41, 5.74) is 1.87. The van der Waals surface area contributed by atoms with Crippen LogP contribution in [-0.2, 0) is 0 Å². The first-order valence-electron chi connectivity index (χ1n) is 7.73. The molecular formula is C19H20N2O. The summed E-state index contributed by atoms with van der Waals surface area (Å²) < 4.78 is 6.00. The Morgan fingerprint density at radius 1 is 1.18 bits per heavy atom. The molecule has 0 bridgehead atoms. The average molecular weight is 292 g/mol. The quantitative estimate of drug-likeness (QED) is 0.883. The van der Waals surface area contributed by atoms with Crippen molar-refractivity contribution in [3.05, 3.63) is 59.9 Å². The maximum Gasteiger partial charge on any atom is 0.139 e. The van der Waals surface area contributed by atoms with Gasteiger partial charge < -0.3 is 10.1 Å². The van der Waals surface area contributed by atoms with Gasteiger partial charge >= 0.3 is 0 Å². The number of nitrogens with one attached hydrogen (secondary N) is 1. The molecular weight excluding hydrogens is 272 g/mol. The molecule has 1 aromatic carbocycles. The Labute approximate surface area is 131 Å². The Morgan fingerprint density at radius 3 is 2.77 bits per heavy atom. The molecule has 22 heavy (non-hydrogen) atoms. The van der Waals surface area contributed by atoms with Gasteiger partial charge in [0.15, 0.2) is 0 Å². The third-order valence-corrected chi connectivity index (χ3v) is 3.83. The van der Waals surface area contributed by atoms with E-state index in [0.717, 1.165) is 23.4 Å². The van der Waals surface area contributed by atoms with Crippen LogP contribution in [0.3, 0.4) is 0 Å². The lowest BCUT2D eigenvalue weighted by Gasteiger charge is -2.20. The summed E-state index contributed by atoms with van der Waals surface area (Å²) in [7, 11) is 0. The Bertz CT molecular complexity index is 667. The van der Waals surface area contributed by atoms with Crippen LogP contribution in [0.5, 0.6) is 5.75 Å². The van der Waals surface area contributed by atoms with E-state index in [9.17, 15) is 0 Å². The zero-order valence-electron chi connectivity index (χ0n) is 12.8. The molecule has 1 saturated heterocycles. The van der Waals surface area contributed by atoms with Gasteiger partial charge in [0, 0.05) is 23.4 Å². The van der Waals surface area contributed by atoms with Crippen LogP contribution in [-0.4, -0.2) is 23.7 Å². The number of benzene rings is 1. The molecule has 1 fully saturated rings. The van der Waals surface area contributed by atoms with Gasteiger partial charge in [-0.15, -0.1) is 0 Å². The third kappa shape index (κ3) is 3.87. The van der Waals surface area contributed by atoms with Crippen molar-refractivity contribution in [2.45, 2.75) is 31.9 Å². The molecule has 1 aliphatic rings. The second-order valence-corrected chi connectivity index (χ2v) is 5.55. The van der Waals surface area contributed by atoms with E-state index in [2.05, 4.69) is 29.1 Å². The van der Waals surface area contributed by atoms with Gasteiger partial charge in [-0.1, -0.05) is 30.0 Å². The molecule has 0 aliphatic carbocycles. The summed E-state index contributed by atoms with van der Waals surface area (Å²) in [6.07, 6.45) is 6.04. The lowest BCUT2D eigenvalue weighted by atomic mass is 10.1. The number of hydrogen-bond acceptors (Lipinski definition) is 3. The number of aromatic nitrogens is 1. The summed E-state index contributed by atoms with van der Waals surface area (Å²) in [5.74, 6) is 7.05. The zero-order valence-corrected chi connectivity index (χ0v) is 12.8. The Morgan fingerprint density at radius 2 is 2.00 bits per heavy atom. The molecule has 3 heteroatoms. The molecule has 1 aliphatic heterocycles. The zero-order chi connectivity index (χ0) is 15.2. The molecule has 0 spiro atoms. The first-order chi connectivity index (χ1) is 10.8. The van der Waals surface area contributed by atoms with Gasteiger partial charge in [0.05, 0.1) is 6.20 Å². The number of ether oxygens (including phenoxy) is 1. The number of hydrogen-bond donors (Lipinski definition) is 1. The van der Waals surface area contributed by atoms with E-state index in [-0.39, 0.29) is 6.10 Å². The topological polar surface area (TPSA) is 34.1 Å². The van der Waals surface area contributed by atoms with E-state index in [0.29, 0.717) is 6.04 Å². The van der Waals surface area contributed by atoms with Crippen molar-refractivity contribution in [3.8, 4) is 17.6 Å². The Balaban J connectivity index is 1.69. The van der Waals surface area contributed by atoms with Crippen molar-refractivity contribution < 1.29 is 4.74 Å². The van der Waals surface area contributed by atoms with Crippen molar-refractivity contribution in [1.82, 2.24) is 10.3 Å². The van der Waals surface area contributed by atoms with E-state index < -0.39 is 0 Å². The van der Waals surface area contributed by atoms with E-state index in [1.807, 2.05) is 36.4 Å². The van der Waals surface area contributed by atoms with Gasteiger partial charge in [-0.3, -0.25) is 4.98 Å². The summed E-state index contributed by atoms with van der Waals surface area (Å²) >= 11 is 0. The predicted octanol–water partition coefficient (Wildman–Crippen LogP) is 3.00. The van der Waals surface area contributed by atoms with Gasteiger partial charge in [-0.05, 0) is 44.5 Å². The minimum atomic E-state index is 0.140. The lowest BCUT2D eigenvalue weighted by molar-refractivity contribution is 0.179. The number of pyridine rings is 1. The summed E-state index contributed by atoms with van der Waals surface area (Å²) in [6.45, 7) is 3.19. The highest BCUT2D eigenvalue weighted by molar-refractivity contribution is 5.43. The van der Waals surface area contributed by atoms with Gasteiger partial charge in [-0.2, -0.15) is 0 Å². The average Bonchev–Trinajstić information content (AvgIpc) is 3.09. The third-order valence-electron chi connectivity index (χ3n) is 3.83. The van der Waals surface area contributed by atoms with Crippen molar-refractivity contribution in [2.24, 2.45) is 0 Å². The monoisotopic (exact) mass is 292 g/mol. The molecule has 0 radical (unpaired) electrons. The molecule has 1 unspecified atom stereocenters. The van der Waals surface area contributed by atoms with E-state index in [4.69, 9.17) is 4.74 Å². The molecule has 1 aromatic heterocycles. The fourth-order valence-electron chi connectivity index (χ4n) is 2.63. The van der Waals surface area contributed by atoms with E-state index >= 15 is 0 Å². The first kappa shape index (κ1) is 14.6. The van der Waals surface area contributed by atoms with Crippen LogP contribution in [0.1, 0.15) is 30.9 Å². The summed E-state index contributed by atoms with van der Waals surface area (Å²) in [4.78, 5) is 4.23. The Kier molecular flexibility index (Phi) is 4.72. The summed E-state index contributed by atoms with van der Waals surface area (Å²) in [5, 5.41) is 3.46. The lowest BCUT2D eigenvalue weighted by Crippen LogP contribution is -2.36. The highest BCUT2D eigenvalue weighted by Crippen LogP contribution is 2.17. The number of nitrogens with zero attached hydrogens (tertiary/aromatic N) is 1. The maximum atomic E-state index is 6.00. The molecule has 2 atom stereocenters. The number of rotatable bonds is 3. The smallest absolute Gasteiger partial charge is 0.139 e. The maximum absolute atomic E-state index is 6.00. The van der Waals surface area contributed by atoms with Crippen LogP contribution in [0.4, 0.5) is 0 Å². The molecule has 112 valence electrons. The molecule has 0 saturated carbocycles. The van der Waals surface area contributed by atoms with Crippen LogP contribution in [0.15, 0.2) is 48.8 Å². The van der Waals surface area contributed by atoms with Gasteiger partial charge in [-0.25, -0.2) is 0 Å². The van der Waals surface area contributed by atoms with Gasteiger partial charge in [0.25, 0.3) is 0 Å². The SMILES string of the molecule is CC(Oc1cncc(C#Cc2ccccc2)c1)[C@@H]1CCCN1. The largest absolute Gasteiger partial charge is 0.487 e. The predicted molar refractivity (Wildman–Crippen MR) is 87.8 cm³/mol. The molecule has 2 heterocycles. The standard InChI is InChI=1S/C19H20N2O/c1-15(19-8-5-11-21-19)22-18-12-17(13-20-14-18)10-9-16-6-3-2-4-7-16/h2-4,6-7,12-15,19,21H,5,8,11H2,1H3/t15?,19-/m0/s1. The molecule has 3 nitrogen and oxygen atoms in total. The van der Waals surface area contributed by atoms with Crippen molar-refractivity contribution in [1.29, 1.82) is 0 Å². The minimum absolute atomic E-state index is 0.140. The first-order valence-corrected chi connectivity index (χ1v) is 7.73. The van der Waals surface area contributed by atoms with E-state index in [1.165, 1.54) is 12.8 Å². The molecule has 2 aromatic rings. The molecule has 1 N–H and O–H groups in total. The fourth-order valence-corrected chi connectivity index (χ4v) is 2.63. The van der Waals surface area contributed by atoms with Gasteiger partial charge in [0.1, 0.15) is 11.9 Å². The van der Waals surface area contributed by atoms with Crippen LogP contribution in [0.25, 0.3) is 0 Å². The minimum Gasteiger partial charge on any atom is -0.487 e. The molecule has 0 amide bonds. The Hall–Kier alpha value is -2.31. The van der Waals surface area contributed by atoms with Crippen molar-refractivity contribution in [3.63, 3.8) is 0 Å². The second kappa shape index (κ2) is 7.11. The summed E-state index contributed by atoms with van der Waals surface area (Å²) in [6, 6.07) is 12.3. The van der Waals surface area contributed by atoms with Crippen LogP contribution in [0, 0.1) is 11.8 Å². The molecule has 3 rings (SSSR count). The highest BCUT2D eigenvalue weighted by atomic mass is 16.5. The van der Waals surface area contributed by atoms with Crippen molar-refractivity contribution in [2.75, 3.05) is 6.54 Å². The normalized spacial score (nSPS) is 18.3. The van der Waals surface area contributed by atoms with E-state index in [1.54, 1.807) is 12.4 Å². The van der Waals surface area contributed by atoms with Crippen LogP contribution < -0.4 is 10.1 Å². The van der Waals surface area contributed by atoms with Gasteiger partial charge in [0.2, 0.25) is 0 Å². The van der Waals surface area contributed by atoms with Crippen LogP contribution >= 0.6 is 0 Å². The second-order valence-electron chi connectivity index (χ2n) is 5.55. The van der Waals surface area contributed by atoms with Crippen LogP contribution in [0.2, 0.25) is 0 Å². The highest BCUT2D eigenvalue weighted by Gasteiger charge is 2.22. The van der Waals surface area contributed by atoms with Crippen molar-refractivity contribution >= 4 is 0 Å². The fraction of sp³-hybridized carbons (Fsp3) is 0.316.